The normalized spacial score (nSPS) is 29.5. The monoisotopic (exact) mass is 362 g/mol. The molecule has 0 unspecified atom stereocenters. The van der Waals surface area contributed by atoms with Crippen molar-refractivity contribution in [3.8, 4) is 0 Å². The molecule has 6 heteroatoms. The maximum Gasteiger partial charge on any atom is 0.265 e. The molecule has 2 bridgehead atoms. The van der Waals surface area contributed by atoms with Gasteiger partial charge in [-0.1, -0.05) is 18.2 Å². The maximum absolute atomic E-state index is 13.2. The number of carbonyl (C=O) groups is 1. The number of amides is 1. The van der Waals surface area contributed by atoms with Gasteiger partial charge in [-0.15, -0.1) is 11.3 Å². The molecule has 2 aromatic rings. The fraction of sp³-hybridized carbons (Fsp3) is 0.526. The summed E-state index contributed by atoms with van der Waals surface area (Å²) in [6, 6.07) is 6.83. The number of thiophene rings is 1. The predicted molar refractivity (Wildman–Crippen MR) is 94.3 cm³/mol. The third kappa shape index (κ3) is 2.34. The molecule has 1 aliphatic carbocycles. The van der Waals surface area contributed by atoms with Crippen LogP contribution in [0.3, 0.4) is 0 Å². The van der Waals surface area contributed by atoms with Crippen molar-refractivity contribution < 1.29 is 13.6 Å². The summed E-state index contributed by atoms with van der Waals surface area (Å²) < 4.78 is 26.9. The number of carbonyl (C=O) groups excluding carboxylic acids is 1. The summed E-state index contributed by atoms with van der Waals surface area (Å²) in [6.45, 7) is 2.30. The van der Waals surface area contributed by atoms with E-state index in [1.807, 2.05) is 0 Å². The van der Waals surface area contributed by atoms with Crippen LogP contribution < -0.4 is 5.32 Å². The smallest absolute Gasteiger partial charge is 0.265 e. The van der Waals surface area contributed by atoms with Crippen molar-refractivity contribution in [3.63, 3.8) is 0 Å². The molecule has 1 spiro atoms. The number of piperidine rings is 3. The van der Waals surface area contributed by atoms with Crippen LogP contribution in [0.15, 0.2) is 24.3 Å². The Morgan fingerprint density at radius 3 is 2.72 bits per heavy atom. The number of nitrogens with zero attached hydrogens (tertiary/aromatic N) is 1. The van der Waals surface area contributed by atoms with Gasteiger partial charge in [-0.25, -0.2) is 8.78 Å². The lowest BCUT2D eigenvalue weighted by molar-refractivity contribution is -0.00138. The van der Waals surface area contributed by atoms with E-state index in [1.54, 1.807) is 18.2 Å². The standard InChI is InChI=1S/C19H20F2N2OS/c20-17(21)13-3-1-2-12-10-14(25-15(12)13)18(24)22-16-11-4-8-23(9-5-11)19(16)6-7-19/h1-3,10-11,16-17H,4-9H2,(H,22,24)/t16-/m1/s1. The number of nitrogens with one attached hydrogen (secondary N) is 1. The van der Waals surface area contributed by atoms with Gasteiger partial charge >= 0.3 is 0 Å². The molecule has 3 nitrogen and oxygen atoms in total. The first-order valence-corrected chi connectivity index (χ1v) is 9.77. The van der Waals surface area contributed by atoms with Crippen LogP contribution in [-0.4, -0.2) is 35.5 Å². The van der Waals surface area contributed by atoms with Gasteiger partial charge in [0.05, 0.1) is 10.9 Å². The van der Waals surface area contributed by atoms with Crippen LogP contribution in [0, 0.1) is 5.92 Å². The van der Waals surface area contributed by atoms with Crippen LogP contribution in [0.4, 0.5) is 8.78 Å². The first-order valence-electron chi connectivity index (χ1n) is 8.95. The van der Waals surface area contributed by atoms with E-state index in [1.165, 1.54) is 17.4 Å². The molecule has 1 saturated carbocycles. The Balaban J connectivity index is 1.43. The Morgan fingerprint density at radius 2 is 2.04 bits per heavy atom. The van der Waals surface area contributed by atoms with Crippen LogP contribution in [0.25, 0.3) is 10.1 Å². The quantitative estimate of drug-likeness (QED) is 0.888. The zero-order valence-electron chi connectivity index (χ0n) is 13.8. The number of fused-ring (bicyclic) bond motifs is 3. The molecule has 1 atom stereocenters. The minimum Gasteiger partial charge on any atom is -0.346 e. The molecule has 3 aliphatic heterocycles. The van der Waals surface area contributed by atoms with Gasteiger partial charge in [0, 0.05) is 15.8 Å². The Kier molecular flexibility index (Phi) is 3.44. The molecule has 1 aromatic carbocycles. The van der Waals surface area contributed by atoms with Crippen molar-refractivity contribution in [2.24, 2.45) is 5.92 Å². The van der Waals surface area contributed by atoms with Crippen molar-refractivity contribution in [2.45, 2.75) is 43.7 Å². The highest BCUT2D eigenvalue weighted by atomic mass is 32.1. The number of benzene rings is 1. The Morgan fingerprint density at radius 1 is 1.28 bits per heavy atom. The second kappa shape index (κ2) is 5.48. The third-order valence-corrected chi connectivity index (χ3v) is 7.50. The number of rotatable bonds is 3. The van der Waals surface area contributed by atoms with Crippen LogP contribution in [0.5, 0.6) is 0 Å². The maximum atomic E-state index is 13.2. The Bertz CT molecular complexity index is 837. The average molecular weight is 362 g/mol. The molecule has 1 amide bonds. The molecule has 132 valence electrons. The predicted octanol–water partition coefficient (Wildman–Crippen LogP) is 4.20. The van der Waals surface area contributed by atoms with Crippen molar-refractivity contribution in [1.82, 2.24) is 10.2 Å². The van der Waals surface area contributed by atoms with Crippen LogP contribution in [0.1, 0.15) is 47.3 Å². The summed E-state index contributed by atoms with van der Waals surface area (Å²) in [4.78, 5) is 15.9. The fourth-order valence-electron chi connectivity index (χ4n) is 4.90. The molecular weight excluding hydrogens is 342 g/mol. The average Bonchev–Trinajstić information content (AvgIpc) is 3.26. The molecule has 1 N–H and O–H groups in total. The second-order valence-electron chi connectivity index (χ2n) is 7.56. The first kappa shape index (κ1) is 15.7. The summed E-state index contributed by atoms with van der Waals surface area (Å²) in [7, 11) is 0. The molecule has 3 saturated heterocycles. The van der Waals surface area contributed by atoms with E-state index in [2.05, 4.69) is 10.2 Å². The molecule has 4 fully saturated rings. The summed E-state index contributed by atoms with van der Waals surface area (Å²) in [5, 5.41) is 4.00. The molecule has 4 heterocycles. The third-order valence-electron chi connectivity index (χ3n) is 6.30. The van der Waals surface area contributed by atoms with Crippen LogP contribution >= 0.6 is 11.3 Å². The van der Waals surface area contributed by atoms with Gasteiger partial charge < -0.3 is 5.32 Å². The van der Waals surface area contributed by atoms with Gasteiger partial charge in [0.15, 0.2) is 0 Å². The molecule has 25 heavy (non-hydrogen) atoms. The molecule has 4 aliphatic rings. The van der Waals surface area contributed by atoms with E-state index >= 15 is 0 Å². The van der Waals surface area contributed by atoms with Crippen molar-refractivity contribution in [3.05, 3.63) is 34.7 Å². The highest BCUT2D eigenvalue weighted by Gasteiger charge is 2.60. The van der Waals surface area contributed by atoms with E-state index in [9.17, 15) is 13.6 Å². The molecular formula is C19H20F2N2OS. The zero-order valence-corrected chi connectivity index (χ0v) is 14.6. The topological polar surface area (TPSA) is 32.3 Å². The van der Waals surface area contributed by atoms with Crippen molar-refractivity contribution in [1.29, 1.82) is 0 Å². The van der Waals surface area contributed by atoms with E-state index in [0.29, 0.717) is 15.5 Å². The van der Waals surface area contributed by atoms with Gasteiger partial charge in [-0.3, -0.25) is 9.69 Å². The van der Waals surface area contributed by atoms with Gasteiger partial charge in [0.25, 0.3) is 12.3 Å². The molecule has 6 rings (SSSR count). The van der Waals surface area contributed by atoms with Gasteiger partial charge in [0.1, 0.15) is 0 Å². The van der Waals surface area contributed by atoms with Crippen LogP contribution in [-0.2, 0) is 0 Å². The second-order valence-corrected chi connectivity index (χ2v) is 8.61. The first-order chi connectivity index (χ1) is 12.1. The Labute approximate surface area is 149 Å². The molecule has 1 aromatic heterocycles. The summed E-state index contributed by atoms with van der Waals surface area (Å²) in [5.41, 5.74) is 0.199. The lowest BCUT2D eigenvalue weighted by Crippen LogP contribution is -2.65. The minimum absolute atomic E-state index is 0.0167. The van der Waals surface area contributed by atoms with Gasteiger partial charge in [-0.2, -0.15) is 0 Å². The summed E-state index contributed by atoms with van der Waals surface area (Å²) in [6.07, 6.45) is 2.10. The summed E-state index contributed by atoms with van der Waals surface area (Å²) in [5.74, 6) is 0.453. The SMILES string of the molecule is O=C(N[C@@H]1C2CCN(CC2)C12CC2)c1cc2cccc(C(F)F)c2s1. The minimum atomic E-state index is -2.52. The van der Waals surface area contributed by atoms with E-state index in [-0.39, 0.29) is 23.1 Å². The van der Waals surface area contributed by atoms with E-state index < -0.39 is 6.43 Å². The number of halogens is 2. The fourth-order valence-corrected chi connectivity index (χ4v) is 5.98. The lowest BCUT2D eigenvalue weighted by atomic mass is 9.77. The van der Waals surface area contributed by atoms with Crippen molar-refractivity contribution in [2.75, 3.05) is 13.1 Å². The van der Waals surface area contributed by atoms with Gasteiger partial charge in [-0.05, 0) is 56.1 Å². The highest BCUT2D eigenvalue weighted by molar-refractivity contribution is 7.21. The zero-order chi connectivity index (χ0) is 17.2. The largest absolute Gasteiger partial charge is 0.346 e. The molecule has 0 radical (unpaired) electrons. The van der Waals surface area contributed by atoms with E-state index in [0.717, 1.165) is 44.2 Å². The van der Waals surface area contributed by atoms with E-state index in [4.69, 9.17) is 0 Å². The Hall–Kier alpha value is -1.53. The number of hydrogen-bond donors (Lipinski definition) is 1. The van der Waals surface area contributed by atoms with Gasteiger partial charge in [0.2, 0.25) is 0 Å². The van der Waals surface area contributed by atoms with Crippen LogP contribution in [0.2, 0.25) is 0 Å². The number of alkyl halides is 2. The lowest BCUT2D eigenvalue weighted by Gasteiger charge is -2.52. The summed E-state index contributed by atoms with van der Waals surface area (Å²) >= 11 is 1.18. The van der Waals surface area contributed by atoms with Crippen molar-refractivity contribution >= 4 is 27.3 Å². The number of hydrogen-bond acceptors (Lipinski definition) is 3. The highest BCUT2D eigenvalue weighted by Crippen LogP contribution is 2.53.